The fourth-order valence-electron chi connectivity index (χ4n) is 2.19. The zero-order chi connectivity index (χ0) is 10.5. The molecule has 2 heteroatoms. The van der Waals surface area contributed by atoms with Crippen LogP contribution in [0.15, 0.2) is 30.3 Å². The minimum Gasteiger partial charge on any atom is -0.314 e. The predicted molar refractivity (Wildman–Crippen MR) is 63.5 cm³/mol. The number of piperazine rings is 1. The van der Waals surface area contributed by atoms with Gasteiger partial charge in [-0.2, -0.15) is 0 Å². The summed E-state index contributed by atoms with van der Waals surface area (Å²) in [4.78, 5) is 2.45. The molecule has 15 heavy (non-hydrogen) atoms. The number of benzene rings is 1. The second kappa shape index (κ2) is 5.29. The Kier molecular flexibility index (Phi) is 3.75. The Hall–Kier alpha value is -0.860. The van der Waals surface area contributed by atoms with E-state index in [0.717, 1.165) is 26.1 Å². The highest BCUT2D eigenvalue weighted by molar-refractivity contribution is 5.16. The van der Waals surface area contributed by atoms with Crippen LogP contribution < -0.4 is 5.32 Å². The van der Waals surface area contributed by atoms with Crippen LogP contribution in [-0.4, -0.2) is 30.6 Å². The Labute approximate surface area is 92.3 Å². The van der Waals surface area contributed by atoms with Gasteiger partial charge in [0.1, 0.15) is 0 Å². The molecule has 2 rings (SSSR count). The average Bonchev–Trinajstić information content (AvgIpc) is 2.31. The van der Waals surface area contributed by atoms with Gasteiger partial charge in [-0.25, -0.2) is 0 Å². The van der Waals surface area contributed by atoms with Gasteiger partial charge in [0.15, 0.2) is 0 Å². The highest BCUT2D eigenvalue weighted by Crippen LogP contribution is 2.11. The molecule has 1 radical (unpaired) electrons. The lowest BCUT2D eigenvalue weighted by molar-refractivity contribution is 0.202. The van der Waals surface area contributed by atoms with Crippen LogP contribution >= 0.6 is 0 Å². The third-order valence-corrected chi connectivity index (χ3v) is 3.04. The molecule has 0 bridgehead atoms. The van der Waals surface area contributed by atoms with Gasteiger partial charge in [-0.1, -0.05) is 30.3 Å². The Morgan fingerprint density at radius 1 is 1.40 bits per heavy atom. The summed E-state index contributed by atoms with van der Waals surface area (Å²) in [6, 6.07) is 11.3. The van der Waals surface area contributed by atoms with Crippen molar-refractivity contribution >= 4 is 0 Å². The van der Waals surface area contributed by atoms with Gasteiger partial charge >= 0.3 is 0 Å². The fraction of sp³-hybridized carbons (Fsp3) is 0.462. The van der Waals surface area contributed by atoms with Crippen molar-refractivity contribution in [2.24, 2.45) is 0 Å². The molecule has 1 aromatic carbocycles. The van der Waals surface area contributed by atoms with Crippen molar-refractivity contribution in [3.05, 3.63) is 42.4 Å². The van der Waals surface area contributed by atoms with Crippen molar-refractivity contribution in [3.63, 3.8) is 0 Å². The maximum absolute atomic E-state index is 3.46. The molecule has 1 unspecified atom stereocenters. The lowest BCUT2D eigenvalue weighted by Gasteiger charge is -2.35. The first-order valence-corrected chi connectivity index (χ1v) is 5.70. The van der Waals surface area contributed by atoms with Gasteiger partial charge in [0.25, 0.3) is 0 Å². The Bertz CT molecular complexity index is 284. The van der Waals surface area contributed by atoms with Gasteiger partial charge in [0, 0.05) is 32.2 Å². The molecule has 0 spiro atoms. The average molecular weight is 203 g/mol. The summed E-state index contributed by atoms with van der Waals surface area (Å²) in [6.45, 7) is 7.68. The van der Waals surface area contributed by atoms with Crippen molar-refractivity contribution in [2.45, 2.75) is 19.4 Å². The van der Waals surface area contributed by atoms with E-state index in [1.165, 1.54) is 5.56 Å². The number of hydrogen-bond acceptors (Lipinski definition) is 2. The van der Waals surface area contributed by atoms with Gasteiger partial charge in [0.2, 0.25) is 0 Å². The van der Waals surface area contributed by atoms with Crippen LogP contribution in [0.1, 0.15) is 12.5 Å². The smallest absolute Gasteiger partial charge is 0.0265 e. The molecule has 2 nitrogen and oxygen atoms in total. The van der Waals surface area contributed by atoms with Crippen LogP contribution in [0.2, 0.25) is 0 Å². The summed E-state index contributed by atoms with van der Waals surface area (Å²) < 4.78 is 0. The van der Waals surface area contributed by atoms with Crippen LogP contribution in [0.25, 0.3) is 0 Å². The Morgan fingerprint density at radius 3 is 2.93 bits per heavy atom. The standard InChI is InChI=1S/C13H19N2/c1-2-15-9-8-14-11-13(15)10-12-6-4-3-5-7-12/h2-7,13-14H,8-11H2,1H3. The Morgan fingerprint density at radius 2 is 2.20 bits per heavy atom. The molecule has 0 saturated carbocycles. The van der Waals surface area contributed by atoms with E-state index >= 15 is 0 Å². The van der Waals surface area contributed by atoms with E-state index in [9.17, 15) is 0 Å². The van der Waals surface area contributed by atoms with E-state index in [2.05, 4.69) is 54.0 Å². The number of nitrogens with one attached hydrogen (secondary N) is 1. The van der Waals surface area contributed by atoms with E-state index < -0.39 is 0 Å². The van der Waals surface area contributed by atoms with E-state index in [1.54, 1.807) is 0 Å². The molecule has 0 aromatic heterocycles. The van der Waals surface area contributed by atoms with Crippen LogP contribution in [0.3, 0.4) is 0 Å². The zero-order valence-electron chi connectivity index (χ0n) is 9.32. The molecule has 0 aliphatic carbocycles. The lowest BCUT2D eigenvalue weighted by atomic mass is 10.0. The predicted octanol–water partition coefficient (Wildman–Crippen LogP) is 1.68. The van der Waals surface area contributed by atoms with Crippen molar-refractivity contribution in [3.8, 4) is 0 Å². The quantitative estimate of drug-likeness (QED) is 0.804. The van der Waals surface area contributed by atoms with E-state index in [0.29, 0.717) is 6.04 Å². The maximum Gasteiger partial charge on any atom is 0.0265 e. The third kappa shape index (κ3) is 2.80. The van der Waals surface area contributed by atoms with Gasteiger partial charge in [-0.15, -0.1) is 0 Å². The summed E-state index contributed by atoms with van der Waals surface area (Å²) in [5.74, 6) is 0. The van der Waals surface area contributed by atoms with Crippen molar-refractivity contribution in [2.75, 3.05) is 19.6 Å². The fourth-order valence-corrected chi connectivity index (χ4v) is 2.19. The molecule has 1 atom stereocenters. The molecular formula is C13H19N2. The van der Waals surface area contributed by atoms with Crippen molar-refractivity contribution < 1.29 is 0 Å². The van der Waals surface area contributed by atoms with Gasteiger partial charge in [-0.3, -0.25) is 4.90 Å². The highest BCUT2D eigenvalue weighted by atomic mass is 15.2. The van der Waals surface area contributed by atoms with Crippen LogP contribution in [0, 0.1) is 6.54 Å². The molecule has 81 valence electrons. The van der Waals surface area contributed by atoms with Crippen molar-refractivity contribution in [1.82, 2.24) is 10.2 Å². The second-order valence-electron chi connectivity index (χ2n) is 4.04. The van der Waals surface area contributed by atoms with Gasteiger partial charge in [-0.05, 0) is 18.9 Å². The van der Waals surface area contributed by atoms with E-state index in [4.69, 9.17) is 0 Å². The molecule has 1 fully saturated rings. The third-order valence-electron chi connectivity index (χ3n) is 3.04. The first kappa shape index (κ1) is 10.7. The SMILES string of the molecule is C[CH]N1CCNCC1Cc1ccccc1. The van der Waals surface area contributed by atoms with Crippen molar-refractivity contribution in [1.29, 1.82) is 0 Å². The van der Waals surface area contributed by atoms with Crippen LogP contribution in [-0.2, 0) is 6.42 Å². The minimum atomic E-state index is 0.617. The molecule has 1 N–H and O–H groups in total. The molecule has 1 aromatic rings. The number of hydrogen-bond donors (Lipinski definition) is 1. The maximum atomic E-state index is 3.46. The molecular weight excluding hydrogens is 184 g/mol. The summed E-state index contributed by atoms with van der Waals surface area (Å²) in [5, 5.41) is 3.46. The van der Waals surface area contributed by atoms with Gasteiger partial charge < -0.3 is 5.32 Å². The molecule has 1 heterocycles. The first-order chi connectivity index (χ1) is 7.40. The molecule has 1 aliphatic rings. The highest BCUT2D eigenvalue weighted by Gasteiger charge is 2.20. The van der Waals surface area contributed by atoms with E-state index in [-0.39, 0.29) is 0 Å². The minimum absolute atomic E-state index is 0.617. The topological polar surface area (TPSA) is 15.3 Å². The summed E-state index contributed by atoms with van der Waals surface area (Å²) in [5.41, 5.74) is 1.43. The molecule has 1 aliphatic heterocycles. The Balaban J connectivity index is 1.97. The van der Waals surface area contributed by atoms with Gasteiger partial charge in [0.05, 0.1) is 0 Å². The summed E-state index contributed by atoms with van der Waals surface area (Å²) in [6.07, 6.45) is 1.14. The second-order valence-corrected chi connectivity index (χ2v) is 4.04. The number of rotatable bonds is 3. The normalized spacial score (nSPS) is 22.9. The number of nitrogens with zero attached hydrogens (tertiary/aromatic N) is 1. The molecule has 1 saturated heterocycles. The van der Waals surface area contributed by atoms with Crippen LogP contribution in [0.4, 0.5) is 0 Å². The van der Waals surface area contributed by atoms with E-state index in [1.807, 2.05) is 0 Å². The van der Waals surface area contributed by atoms with Crippen LogP contribution in [0.5, 0.6) is 0 Å². The summed E-state index contributed by atoms with van der Waals surface area (Å²) in [7, 11) is 0. The monoisotopic (exact) mass is 203 g/mol. The first-order valence-electron chi connectivity index (χ1n) is 5.70. The lowest BCUT2D eigenvalue weighted by Crippen LogP contribution is -2.50. The molecule has 0 amide bonds. The summed E-state index contributed by atoms with van der Waals surface area (Å²) >= 11 is 0. The zero-order valence-corrected chi connectivity index (χ0v) is 9.32. The largest absolute Gasteiger partial charge is 0.314 e.